The molecule has 2 bridgehead atoms. The first-order chi connectivity index (χ1) is 16.7. The second-order valence-corrected chi connectivity index (χ2v) is 8.90. The zero-order valence-electron chi connectivity index (χ0n) is 19.1. The summed E-state index contributed by atoms with van der Waals surface area (Å²) in [5.74, 6) is 1.09. The fraction of sp³-hybridized carbons (Fsp3) is 0.360. The maximum absolute atomic E-state index is 13.4. The lowest BCUT2D eigenvalue weighted by Gasteiger charge is -2.35. The SMILES string of the molecule is COc1nccc(NC(=O)N2c3nc(-c4cccc(N5CCCC5)c4)ccc3N3CC[C@H]2C3)n1. The van der Waals surface area contributed by atoms with Crippen molar-refractivity contribution in [1.29, 1.82) is 0 Å². The van der Waals surface area contributed by atoms with Gasteiger partial charge < -0.3 is 14.5 Å². The lowest BCUT2D eigenvalue weighted by Crippen LogP contribution is -2.48. The van der Waals surface area contributed by atoms with Gasteiger partial charge in [-0.3, -0.25) is 10.2 Å². The van der Waals surface area contributed by atoms with Gasteiger partial charge in [0, 0.05) is 43.6 Å². The summed E-state index contributed by atoms with van der Waals surface area (Å²) < 4.78 is 5.09. The monoisotopic (exact) mass is 457 g/mol. The van der Waals surface area contributed by atoms with Crippen LogP contribution in [0.3, 0.4) is 0 Å². The van der Waals surface area contributed by atoms with Crippen molar-refractivity contribution < 1.29 is 9.53 Å². The van der Waals surface area contributed by atoms with Gasteiger partial charge in [0.15, 0.2) is 5.82 Å². The molecule has 3 aliphatic rings. The molecule has 5 heterocycles. The molecule has 1 N–H and O–H groups in total. The summed E-state index contributed by atoms with van der Waals surface area (Å²) in [5.41, 5.74) is 4.14. The molecule has 0 aliphatic carbocycles. The van der Waals surface area contributed by atoms with Crippen molar-refractivity contribution in [2.24, 2.45) is 0 Å². The Hall–Kier alpha value is -3.88. The van der Waals surface area contributed by atoms with E-state index in [2.05, 4.69) is 61.5 Å². The summed E-state index contributed by atoms with van der Waals surface area (Å²) in [4.78, 5) is 33.2. The van der Waals surface area contributed by atoms with E-state index in [-0.39, 0.29) is 18.1 Å². The fourth-order valence-corrected chi connectivity index (χ4v) is 5.15. The minimum Gasteiger partial charge on any atom is -0.467 e. The zero-order valence-corrected chi connectivity index (χ0v) is 19.1. The molecule has 0 radical (unpaired) electrons. The molecule has 0 unspecified atom stereocenters. The standard InChI is InChI=1S/C25H27N7O2/c1-34-24-26-11-9-22(28-24)29-25(33)32-19-10-14-31(16-19)21-8-7-20(27-23(21)32)17-5-4-6-18(15-17)30-12-2-3-13-30/h4-9,11,15,19H,2-3,10,12-14,16H2,1H3,(H,26,28,29,33)/t19-/m0/s1. The second-order valence-electron chi connectivity index (χ2n) is 8.90. The number of nitrogens with zero attached hydrogens (tertiary/aromatic N) is 6. The van der Waals surface area contributed by atoms with Crippen LogP contribution in [0.25, 0.3) is 11.3 Å². The Morgan fingerprint density at radius 1 is 1.06 bits per heavy atom. The molecular formula is C25H27N7O2. The highest BCUT2D eigenvalue weighted by molar-refractivity contribution is 6.04. The van der Waals surface area contributed by atoms with Gasteiger partial charge in [0.2, 0.25) is 0 Å². The topological polar surface area (TPSA) is 86.7 Å². The largest absolute Gasteiger partial charge is 0.467 e. The van der Waals surface area contributed by atoms with Gasteiger partial charge in [-0.1, -0.05) is 12.1 Å². The number of hydrogen-bond acceptors (Lipinski definition) is 7. The number of urea groups is 1. The van der Waals surface area contributed by atoms with E-state index in [9.17, 15) is 4.79 Å². The summed E-state index contributed by atoms with van der Waals surface area (Å²) in [6.45, 7) is 3.91. The van der Waals surface area contributed by atoms with Crippen molar-refractivity contribution in [2.75, 3.05) is 53.3 Å². The maximum Gasteiger partial charge on any atom is 0.329 e. The van der Waals surface area contributed by atoms with E-state index in [4.69, 9.17) is 9.72 Å². The average molecular weight is 458 g/mol. The number of nitrogens with one attached hydrogen (secondary N) is 1. The summed E-state index contributed by atoms with van der Waals surface area (Å²) >= 11 is 0. The van der Waals surface area contributed by atoms with Crippen LogP contribution in [0.5, 0.6) is 6.01 Å². The van der Waals surface area contributed by atoms with Crippen LogP contribution in [-0.2, 0) is 0 Å². The molecule has 1 aromatic carbocycles. The maximum atomic E-state index is 13.4. The molecule has 34 heavy (non-hydrogen) atoms. The molecule has 1 atom stereocenters. The third-order valence-electron chi connectivity index (χ3n) is 6.83. The molecule has 2 saturated heterocycles. The quantitative estimate of drug-likeness (QED) is 0.638. The van der Waals surface area contributed by atoms with Crippen LogP contribution in [0, 0.1) is 0 Å². The zero-order chi connectivity index (χ0) is 23.1. The van der Waals surface area contributed by atoms with Crippen molar-refractivity contribution in [2.45, 2.75) is 25.3 Å². The predicted octanol–water partition coefficient (Wildman–Crippen LogP) is 3.78. The summed E-state index contributed by atoms with van der Waals surface area (Å²) in [7, 11) is 1.50. The van der Waals surface area contributed by atoms with Crippen molar-refractivity contribution in [1.82, 2.24) is 15.0 Å². The third-order valence-corrected chi connectivity index (χ3v) is 6.83. The number of carbonyl (C=O) groups is 1. The highest BCUT2D eigenvalue weighted by Crippen LogP contribution is 2.40. The molecule has 2 amide bonds. The number of fused-ring (bicyclic) bond motifs is 4. The molecule has 0 spiro atoms. The van der Waals surface area contributed by atoms with Crippen LogP contribution in [0.15, 0.2) is 48.7 Å². The third kappa shape index (κ3) is 3.67. The van der Waals surface area contributed by atoms with Crippen LogP contribution >= 0.6 is 0 Å². The Kier molecular flexibility index (Phi) is 5.16. The molecule has 9 heteroatoms. The molecular weight excluding hydrogens is 430 g/mol. The first-order valence-electron chi connectivity index (χ1n) is 11.8. The number of amides is 2. The van der Waals surface area contributed by atoms with Crippen LogP contribution in [-0.4, -0.2) is 60.3 Å². The predicted molar refractivity (Wildman–Crippen MR) is 132 cm³/mol. The molecule has 174 valence electrons. The first kappa shape index (κ1) is 20.7. The minimum absolute atomic E-state index is 0.0647. The average Bonchev–Trinajstić information content (AvgIpc) is 3.56. The number of ether oxygens (including phenoxy) is 1. The lowest BCUT2D eigenvalue weighted by molar-refractivity contribution is 0.254. The lowest BCUT2D eigenvalue weighted by atomic mass is 10.1. The van der Waals surface area contributed by atoms with Gasteiger partial charge in [0.05, 0.1) is 24.5 Å². The number of hydrogen-bond donors (Lipinski definition) is 1. The van der Waals surface area contributed by atoms with Gasteiger partial charge in [0.1, 0.15) is 5.82 Å². The highest BCUT2D eigenvalue weighted by Gasteiger charge is 2.40. The molecule has 0 saturated carbocycles. The Labute approximate surface area is 198 Å². The number of aromatic nitrogens is 3. The van der Waals surface area contributed by atoms with Crippen molar-refractivity contribution in [3.8, 4) is 17.3 Å². The Morgan fingerprint density at radius 2 is 1.94 bits per heavy atom. The normalized spacial score (nSPS) is 18.7. The van der Waals surface area contributed by atoms with Crippen LogP contribution in [0.2, 0.25) is 0 Å². The van der Waals surface area contributed by atoms with Gasteiger partial charge in [-0.2, -0.15) is 4.98 Å². The first-order valence-corrected chi connectivity index (χ1v) is 11.8. The Bertz CT molecular complexity index is 1230. The molecule has 3 aliphatic heterocycles. The Morgan fingerprint density at radius 3 is 2.79 bits per heavy atom. The number of carbonyl (C=O) groups excluding carboxylic acids is 1. The van der Waals surface area contributed by atoms with E-state index in [1.807, 2.05) is 0 Å². The fourth-order valence-electron chi connectivity index (χ4n) is 5.15. The van der Waals surface area contributed by atoms with Crippen molar-refractivity contribution in [3.05, 3.63) is 48.7 Å². The second kappa shape index (κ2) is 8.48. The molecule has 9 nitrogen and oxygen atoms in total. The molecule has 6 rings (SSSR count). The van der Waals surface area contributed by atoms with E-state index in [1.165, 1.54) is 25.6 Å². The summed E-state index contributed by atoms with van der Waals surface area (Å²) in [5, 5.41) is 2.91. The van der Waals surface area contributed by atoms with Gasteiger partial charge in [0.25, 0.3) is 0 Å². The van der Waals surface area contributed by atoms with E-state index in [0.717, 1.165) is 49.5 Å². The minimum atomic E-state index is -0.246. The highest BCUT2D eigenvalue weighted by atomic mass is 16.5. The van der Waals surface area contributed by atoms with Gasteiger partial charge in [-0.25, -0.2) is 14.8 Å². The van der Waals surface area contributed by atoms with Crippen LogP contribution in [0.1, 0.15) is 19.3 Å². The van der Waals surface area contributed by atoms with Crippen molar-refractivity contribution >= 4 is 29.0 Å². The smallest absolute Gasteiger partial charge is 0.329 e. The summed E-state index contributed by atoms with van der Waals surface area (Å²) in [6.07, 6.45) is 4.94. The van der Waals surface area contributed by atoms with Crippen molar-refractivity contribution in [3.63, 3.8) is 0 Å². The number of methoxy groups -OCH3 is 1. The van der Waals surface area contributed by atoms with E-state index in [1.54, 1.807) is 17.2 Å². The van der Waals surface area contributed by atoms with Gasteiger partial charge >= 0.3 is 12.0 Å². The van der Waals surface area contributed by atoms with E-state index < -0.39 is 0 Å². The summed E-state index contributed by atoms with van der Waals surface area (Å²) in [6, 6.07) is 14.4. The number of anilines is 4. The molecule has 2 fully saturated rings. The Balaban J connectivity index is 1.34. The van der Waals surface area contributed by atoms with E-state index in [0.29, 0.717) is 11.6 Å². The molecule has 3 aromatic rings. The molecule has 2 aromatic heterocycles. The number of benzene rings is 1. The van der Waals surface area contributed by atoms with Crippen LogP contribution < -0.4 is 24.8 Å². The van der Waals surface area contributed by atoms with Crippen LogP contribution in [0.4, 0.5) is 27.8 Å². The van der Waals surface area contributed by atoms with E-state index >= 15 is 0 Å². The van der Waals surface area contributed by atoms with Gasteiger partial charge in [-0.05, 0) is 49.6 Å². The van der Waals surface area contributed by atoms with Gasteiger partial charge in [-0.15, -0.1) is 0 Å². The number of rotatable bonds is 4. The number of pyridine rings is 1.